The molecule has 0 amide bonds. The van der Waals surface area contributed by atoms with E-state index in [-0.39, 0.29) is 0 Å². The Balaban J connectivity index is 1.75. The number of ether oxygens (including phenoxy) is 1. The maximum absolute atomic E-state index is 5.57. The Kier molecular flexibility index (Phi) is 3.45. The number of nitrogens with one attached hydrogen (secondary N) is 1. The molecule has 2 fully saturated rings. The van der Waals surface area contributed by atoms with Crippen molar-refractivity contribution in [3.63, 3.8) is 0 Å². The van der Waals surface area contributed by atoms with Gasteiger partial charge in [-0.25, -0.2) is 0 Å². The topological polar surface area (TPSA) is 21.3 Å². The molecule has 1 saturated carbocycles. The normalized spacial score (nSPS) is 43.3. The smallest absolute Gasteiger partial charge is 0.0700 e. The van der Waals surface area contributed by atoms with Gasteiger partial charge in [0.2, 0.25) is 0 Å². The monoisotopic (exact) mass is 197 g/mol. The molecule has 0 aromatic rings. The maximum Gasteiger partial charge on any atom is 0.0700 e. The Labute approximate surface area is 87.4 Å². The van der Waals surface area contributed by atoms with E-state index in [1.54, 1.807) is 0 Å². The highest BCUT2D eigenvalue weighted by Crippen LogP contribution is 2.29. The molecule has 1 aliphatic heterocycles. The molecule has 2 heteroatoms. The van der Waals surface area contributed by atoms with Gasteiger partial charge in [0, 0.05) is 18.7 Å². The van der Waals surface area contributed by atoms with E-state index in [9.17, 15) is 0 Å². The molecule has 0 bridgehead atoms. The van der Waals surface area contributed by atoms with Crippen molar-refractivity contribution in [2.45, 2.75) is 64.1 Å². The molecular formula is C12H23NO. The first kappa shape index (κ1) is 10.4. The van der Waals surface area contributed by atoms with Crippen LogP contribution in [0.2, 0.25) is 0 Å². The molecule has 1 heterocycles. The highest BCUT2D eigenvalue weighted by atomic mass is 16.5. The van der Waals surface area contributed by atoms with Crippen molar-refractivity contribution in [1.29, 1.82) is 0 Å². The van der Waals surface area contributed by atoms with Gasteiger partial charge in [-0.05, 0) is 38.5 Å². The minimum absolute atomic E-state index is 0.427. The number of hydrogen-bond donors (Lipinski definition) is 1. The van der Waals surface area contributed by atoms with Crippen LogP contribution in [0.3, 0.4) is 0 Å². The molecule has 0 radical (unpaired) electrons. The third-order valence-corrected chi connectivity index (χ3v) is 3.94. The summed E-state index contributed by atoms with van der Waals surface area (Å²) in [5.74, 6) is 0.977. The van der Waals surface area contributed by atoms with E-state index in [1.807, 2.05) is 0 Å². The van der Waals surface area contributed by atoms with Crippen LogP contribution in [0.25, 0.3) is 0 Å². The Hall–Kier alpha value is -0.0800. The predicted octanol–water partition coefficient (Wildman–Crippen LogP) is 2.33. The standard InChI is InChI=1S/C12H23NO/c1-3-10-4-5-11(8-10)13-12-6-7-14-9(12)2/h9-13H,3-8H2,1-2H3. The van der Waals surface area contributed by atoms with Gasteiger partial charge in [-0.15, -0.1) is 0 Å². The lowest BCUT2D eigenvalue weighted by atomic mass is 10.0. The molecule has 4 unspecified atom stereocenters. The molecular weight excluding hydrogens is 174 g/mol. The van der Waals surface area contributed by atoms with Gasteiger partial charge in [-0.3, -0.25) is 0 Å². The summed E-state index contributed by atoms with van der Waals surface area (Å²) < 4.78 is 5.57. The Morgan fingerprint density at radius 3 is 2.71 bits per heavy atom. The van der Waals surface area contributed by atoms with Crippen LogP contribution in [0, 0.1) is 5.92 Å². The van der Waals surface area contributed by atoms with E-state index in [0.717, 1.165) is 18.6 Å². The highest BCUT2D eigenvalue weighted by molar-refractivity contribution is 4.87. The zero-order chi connectivity index (χ0) is 9.97. The highest BCUT2D eigenvalue weighted by Gasteiger charge is 2.29. The Bertz CT molecular complexity index is 183. The van der Waals surface area contributed by atoms with E-state index in [0.29, 0.717) is 12.1 Å². The van der Waals surface area contributed by atoms with Gasteiger partial charge in [0.1, 0.15) is 0 Å². The van der Waals surface area contributed by atoms with Crippen molar-refractivity contribution in [2.24, 2.45) is 5.92 Å². The van der Waals surface area contributed by atoms with Crippen molar-refractivity contribution in [3.05, 3.63) is 0 Å². The molecule has 4 atom stereocenters. The van der Waals surface area contributed by atoms with Crippen molar-refractivity contribution < 1.29 is 4.74 Å². The van der Waals surface area contributed by atoms with Crippen LogP contribution < -0.4 is 5.32 Å². The zero-order valence-corrected chi connectivity index (χ0v) is 9.46. The van der Waals surface area contributed by atoms with Crippen LogP contribution in [-0.2, 0) is 4.74 Å². The second kappa shape index (κ2) is 4.63. The second-order valence-corrected chi connectivity index (χ2v) is 4.92. The quantitative estimate of drug-likeness (QED) is 0.750. The fourth-order valence-corrected chi connectivity index (χ4v) is 2.85. The van der Waals surface area contributed by atoms with Crippen molar-refractivity contribution in [1.82, 2.24) is 5.32 Å². The van der Waals surface area contributed by atoms with Gasteiger partial charge in [0.25, 0.3) is 0 Å². The predicted molar refractivity (Wildman–Crippen MR) is 58.4 cm³/mol. The lowest BCUT2D eigenvalue weighted by Gasteiger charge is -2.21. The van der Waals surface area contributed by atoms with Gasteiger partial charge >= 0.3 is 0 Å². The van der Waals surface area contributed by atoms with Crippen LogP contribution >= 0.6 is 0 Å². The van der Waals surface area contributed by atoms with E-state index in [4.69, 9.17) is 4.74 Å². The summed E-state index contributed by atoms with van der Waals surface area (Å²) in [6.45, 7) is 5.45. The van der Waals surface area contributed by atoms with Crippen molar-refractivity contribution >= 4 is 0 Å². The van der Waals surface area contributed by atoms with Gasteiger partial charge in [-0.2, -0.15) is 0 Å². The summed E-state index contributed by atoms with van der Waals surface area (Å²) in [6, 6.07) is 1.39. The van der Waals surface area contributed by atoms with Crippen molar-refractivity contribution in [2.75, 3.05) is 6.61 Å². The molecule has 0 spiro atoms. The molecule has 1 saturated heterocycles. The molecule has 0 aromatic carbocycles. The Morgan fingerprint density at radius 1 is 1.29 bits per heavy atom. The summed E-state index contributed by atoms with van der Waals surface area (Å²) in [7, 11) is 0. The van der Waals surface area contributed by atoms with E-state index in [1.165, 1.54) is 32.1 Å². The van der Waals surface area contributed by atoms with Crippen molar-refractivity contribution in [3.8, 4) is 0 Å². The summed E-state index contributed by atoms with van der Waals surface area (Å²) in [5.41, 5.74) is 0. The third-order valence-electron chi connectivity index (χ3n) is 3.94. The third kappa shape index (κ3) is 2.29. The second-order valence-electron chi connectivity index (χ2n) is 4.92. The van der Waals surface area contributed by atoms with Crippen LogP contribution in [-0.4, -0.2) is 24.8 Å². The molecule has 14 heavy (non-hydrogen) atoms. The first-order chi connectivity index (χ1) is 6.79. The molecule has 0 aromatic heterocycles. The van der Waals surface area contributed by atoms with Crippen LogP contribution in [0.1, 0.15) is 46.0 Å². The Morgan fingerprint density at radius 2 is 2.14 bits per heavy atom. The average Bonchev–Trinajstić information content (AvgIpc) is 2.77. The van der Waals surface area contributed by atoms with Crippen LogP contribution in [0.15, 0.2) is 0 Å². The fourth-order valence-electron chi connectivity index (χ4n) is 2.85. The zero-order valence-electron chi connectivity index (χ0n) is 9.46. The lowest BCUT2D eigenvalue weighted by Crippen LogP contribution is -2.40. The van der Waals surface area contributed by atoms with Gasteiger partial charge in [0.15, 0.2) is 0 Å². The largest absolute Gasteiger partial charge is 0.377 e. The molecule has 1 aliphatic carbocycles. The van der Waals surface area contributed by atoms with Gasteiger partial charge in [-0.1, -0.05) is 13.3 Å². The van der Waals surface area contributed by atoms with E-state index >= 15 is 0 Å². The first-order valence-corrected chi connectivity index (χ1v) is 6.17. The van der Waals surface area contributed by atoms with E-state index < -0.39 is 0 Å². The fraction of sp³-hybridized carbons (Fsp3) is 1.00. The molecule has 2 aliphatic rings. The molecule has 2 rings (SSSR count). The van der Waals surface area contributed by atoms with Crippen LogP contribution in [0.4, 0.5) is 0 Å². The molecule has 82 valence electrons. The molecule has 1 N–H and O–H groups in total. The lowest BCUT2D eigenvalue weighted by molar-refractivity contribution is 0.111. The first-order valence-electron chi connectivity index (χ1n) is 6.17. The summed E-state index contributed by atoms with van der Waals surface area (Å²) in [4.78, 5) is 0. The maximum atomic E-state index is 5.57. The minimum atomic E-state index is 0.427. The number of rotatable bonds is 3. The SMILES string of the molecule is CCC1CCC(NC2CCOC2C)C1. The van der Waals surface area contributed by atoms with E-state index in [2.05, 4.69) is 19.2 Å². The summed E-state index contributed by atoms with van der Waals surface area (Å²) >= 11 is 0. The number of hydrogen-bond acceptors (Lipinski definition) is 2. The summed E-state index contributed by atoms with van der Waals surface area (Å²) in [6.07, 6.45) is 7.18. The van der Waals surface area contributed by atoms with Gasteiger partial charge in [0.05, 0.1) is 6.10 Å². The average molecular weight is 197 g/mol. The minimum Gasteiger partial charge on any atom is -0.377 e. The molecule has 2 nitrogen and oxygen atoms in total. The summed E-state index contributed by atoms with van der Waals surface area (Å²) in [5, 5.41) is 3.77. The van der Waals surface area contributed by atoms with Crippen LogP contribution in [0.5, 0.6) is 0 Å². The van der Waals surface area contributed by atoms with Gasteiger partial charge < -0.3 is 10.1 Å².